The van der Waals surface area contributed by atoms with E-state index in [1.165, 1.54) is 10.5 Å². The molecule has 0 saturated heterocycles. The van der Waals surface area contributed by atoms with Crippen molar-refractivity contribution in [2.24, 2.45) is 0 Å². The van der Waals surface area contributed by atoms with Crippen LogP contribution in [-0.4, -0.2) is 58.2 Å². The first kappa shape index (κ1) is 41.6. The highest BCUT2D eigenvalue weighted by molar-refractivity contribution is 5.91. The number of ether oxygens (including phenoxy) is 3. The van der Waals surface area contributed by atoms with Crippen molar-refractivity contribution in [2.75, 3.05) is 13.2 Å². The lowest BCUT2D eigenvalue weighted by atomic mass is 9.92. The van der Waals surface area contributed by atoms with Crippen LogP contribution in [0, 0.1) is 13.8 Å². The molecule has 2 aliphatic heterocycles. The molecule has 3 amide bonds. The minimum absolute atomic E-state index is 0.0557. The third-order valence-corrected chi connectivity index (χ3v) is 11.8. The lowest BCUT2D eigenvalue weighted by Crippen LogP contribution is -2.57. The summed E-state index contributed by atoms with van der Waals surface area (Å²) in [5.74, 6) is 0.111. The van der Waals surface area contributed by atoms with E-state index in [0.29, 0.717) is 18.1 Å². The Labute approximate surface area is 361 Å². The second-order valence-electron chi connectivity index (χ2n) is 15.9. The monoisotopic (exact) mass is 830 g/mol. The van der Waals surface area contributed by atoms with Gasteiger partial charge in [-0.05, 0) is 101 Å². The number of amides is 3. The topological polar surface area (TPSA) is 139 Å². The third-order valence-electron chi connectivity index (χ3n) is 11.8. The van der Waals surface area contributed by atoms with E-state index in [-0.39, 0.29) is 38.1 Å². The molecule has 5 aromatic carbocycles. The van der Waals surface area contributed by atoms with Gasteiger partial charge in [-0.15, -0.1) is 0 Å². The molecule has 0 bridgehead atoms. The minimum Gasteiger partial charge on any atom is -0.493 e. The average molecular weight is 831 g/mol. The molecule has 3 heterocycles. The number of benzene rings is 5. The van der Waals surface area contributed by atoms with E-state index < -0.39 is 30.0 Å². The largest absolute Gasteiger partial charge is 0.493 e. The van der Waals surface area contributed by atoms with Gasteiger partial charge in [0.15, 0.2) is 17.6 Å². The molecule has 6 aromatic rings. The van der Waals surface area contributed by atoms with Gasteiger partial charge in [-0.25, -0.2) is 9.59 Å². The van der Waals surface area contributed by atoms with Crippen LogP contribution < -0.4 is 24.8 Å². The first-order valence-corrected chi connectivity index (χ1v) is 21.0. The van der Waals surface area contributed by atoms with Crippen LogP contribution in [0.25, 0.3) is 11.1 Å². The molecule has 11 nitrogen and oxygen atoms in total. The highest BCUT2D eigenvalue weighted by atomic mass is 16.6. The van der Waals surface area contributed by atoms with Crippen LogP contribution in [0.5, 0.6) is 17.2 Å². The number of aryl methyl sites for hydroxylation is 1. The van der Waals surface area contributed by atoms with Crippen molar-refractivity contribution in [3.05, 3.63) is 178 Å². The third kappa shape index (κ3) is 9.57. The molecule has 1 aromatic heterocycles. The zero-order chi connectivity index (χ0) is 43.2. The van der Waals surface area contributed by atoms with Gasteiger partial charge in [0.25, 0.3) is 0 Å². The zero-order valence-electron chi connectivity index (χ0n) is 35.0. The van der Waals surface area contributed by atoms with Crippen LogP contribution >= 0.6 is 0 Å². The van der Waals surface area contributed by atoms with Gasteiger partial charge in [-0.2, -0.15) is 0 Å². The van der Waals surface area contributed by atoms with Gasteiger partial charge in [-0.1, -0.05) is 97.1 Å². The molecule has 11 heteroatoms. The maximum Gasteiger partial charge on any atom is 0.326 e. The van der Waals surface area contributed by atoms with Crippen molar-refractivity contribution in [3.63, 3.8) is 0 Å². The fourth-order valence-corrected chi connectivity index (χ4v) is 8.04. The number of carboxylic acids is 1. The van der Waals surface area contributed by atoms with E-state index in [9.17, 15) is 19.5 Å². The van der Waals surface area contributed by atoms with Gasteiger partial charge in [-0.3, -0.25) is 9.78 Å². The maximum absolute atomic E-state index is 14.3. The summed E-state index contributed by atoms with van der Waals surface area (Å²) in [5.41, 5.74) is 9.46. The Morgan fingerprint density at radius 1 is 0.839 bits per heavy atom. The molecule has 0 fully saturated rings. The van der Waals surface area contributed by atoms with Crippen molar-refractivity contribution in [1.29, 1.82) is 0 Å². The number of pyridine rings is 1. The predicted octanol–water partition coefficient (Wildman–Crippen LogP) is 8.51. The summed E-state index contributed by atoms with van der Waals surface area (Å²) < 4.78 is 18.7. The fraction of sp³-hybridized carbons (Fsp3) is 0.255. The second kappa shape index (κ2) is 18.6. The summed E-state index contributed by atoms with van der Waals surface area (Å²) in [7, 11) is 0. The number of urea groups is 1. The normalized spacial score (nSPS) is 16.3. The number of fused-ring (bicyclic) bond motifs is 2. The summed E-state index contributed by atoms with van der Waals surface area (Å²) in [6.07, 6.45) is 2.41. The Hall–Kier alpha value is -7.14. The number of nitrogens with zero attached hydrogens (tertiary/aromatic N) is 2. The first-order valence-electron chi connectivity index (χ1n) is 21.0. The molecule has 316 valence electrons. The van der Waals surface area contributed by atoms with Crippen molar-refractivity contribution in [1.82, 2.24) is 20.5 Å². The number of carbonyl (C=O) groups excluding carboxylic acids is 2. The van der Waals surface area contributed by atoms with Crippen molar-refractivity contribution >= 4 is 17.9 Å². The molecule has 0 unspecified atom stereocenters. The maximum atomic E-state index is 14.3. The molecule has 3 N–H and O–H groups in total. The molecule has 0 spiro atoms. The number of aliphatic carboxylic acids is 1. The number of rotatable bonds is 13. The number of nitrogens with one attached hydrogen (secondary N) is 2. The van der Waals surface area contributed by atoms with E-state index >= 15 is 0 Å². The van der Waals surface area contributed by atoms with E-state index in [1.807, 2.05) is 136 Å². The smallest absolute Gasteiger partial charge is 0.326 e. The second-order valence-corrected chi connectivity index (χ2v) is 15.9. The Morgan fingerprint density at radius 3 is 2.27 bits per heavy atom. The van der Waals surface area contributed by atoms with E-state index in [1.54, 1.807) is 6.20 Å². The molecule has 2 aliphatic rings. The number of carboxylic acid groups (broad SMARTS) is 1. The lowest BCUT2D eigenvalue weighted by molar-refractivity contribution is -0.142. The quantitative estimate of drug-likeness (QED) is 0.105. The van der Waals surface area contributed by atoms with Gasteiger partial charge in [0, 0.05) is 37.7 Å². The summed E-state index contributed by atoms with van der Waals surface area (Å²) in [6.45, 7) is 6.80. The van der Waals surface area contributed by atoms with Gasteiger partial charge in [0.1, 0.15) is 24.4 Å². The van der Waals surface area contributed by atoms with E-state index in [2.05, 4.69) is 27.8 Å². The Balaban J connectivity index is 0.981. The molecule has 62 heavy (non-hydrogen) atoms. The van der Waals surface area contributed by atoms with Crippen molar-refractivity contribution in [3.8, 4) is 28.4 Å². The molecule has 4 atom stereocenters. The zero-order valence-corrected chi connectivity index (χ0v) is 35.0. The van der Waals surface area contributed by atoms with Gasteiger partial charge in [0.2, 0.25) is 5.91 Å². The number of carbonyl (C=O) groups is 3. The molecule has 0 saturated carbocycles. The summed E-state index contributed by atoms with van der Waals surface area (Å²) in [4.78, 5) is 46.9. The Morgan fingerprint density at radius 2 is 1.55 bits per heavy atom. The Kier molecular flexibility index (Phi) is 12.5. The van der Waals surface area contributed by atoms with Gasteiger partial charge in [0.05, 0.1) is 12.6 Å². The molecule has 8 rings (SSSR count). The predicted molar refractivity (Wildman–Crippen MR) is 236 cm³/mol. The molecular formula is C51H50N4O7. The van der Waals surface area contributed by atoms with Crippen LogP contribution in [0.1, 0.15) is 63.7 Å². The van der Waals surface area contributed by atoms with Crippen LogP contribution in [0.15, 0.2) is 134 Å². The average Bonchev–Trinajstić information content (AvgIpc) is 3.29. The SMILES string of the molecule is Cc1nccc(-c2ccc(C[C@H](NC(=O)[C@@H]3Cc4cc5c(cc4CN3C(=O)N[C@H](C)c3ccccc3)O[C@@H](c3ccc(OCCc4ccccc4)cc3)CO5)C(=O)O)cc2)c1C. The summed E-state index contributed by atoms with van der Waals surface area (Å²) >= 11 is 0. The van der Waals surface area contributed by atoms with Gasteiger partial charge < -0.3 is 34.9 Å². The summed E-state index contributed by atoms with van der Waals surface area (Å²) in [6, 6.07) is 37.9. The van der Waals surface area contributed by atoms with Gasteiger partial charge >= 0.3 is 12.0 Å². The fourth-order valence-electron chi connectivity index (χ4n) is 8.04. The first-order chi connectivity index (χ1) is 30.1. The van der Waals surface area contributed by atoms with E-state index in [0.717, 1.165) is 62.4 Å². The van der Waals surface area contributed by atoms with Crippen LogP contribution in [0.3, 0.4) is 0 Å². The van der Waals surface area contributed by atoms with Crippen LogP contribution in [0.2, 0.25) is 0 Å². The highest BCUT2D eigenvalue weighted by Crippen LogP contribution is 2.41. The standard InChI is InChI=1S/C51H50N4O7/c1-32-33(2)52-24-22-43(32)38-16-14-36(15-17-38)26-44(50(57)58)54-49(56)45-27-40-28-46-47(29-41(40)30-55(45)51(59)53-34(3)37-12-8-5-9-13-37)62-48(31-61-46)39-18-20-42(21-19-39)60-25-23-35-10-6-4-7-11-35/h4-22,24,28-29,34,44-45,48H,23,25-27,30-31H2,1-3H3,(H,53,59)(H,54,56)(H,57,58)/t34-,44+,45+,48-/m1/s1. The van der Waals surface area contributed by atoms with Crippen LogP contribution in [-0.2, 0) is 35.4 Å². The molecule has 0 aliphatic carbocycles. The lowest BCUT2D eigenvalue weighted by Gasteiger charge is -2.38. The Bertz CT molecular complexity index is 2530. The van der Waals surface area contributed by atoms with Crippen molar-refractivity contribution < 1.29 is 33.7 Å². The van der Waals surface area contributed by atoms with Crippen LogP contribution in [0.4, 0.5) is 4.79 Å². The van der Waals surface area contributed by atoms with E-state index in [4.69, 9.17) is 14.2 Å². The number of aromatic nitrogens is 1. The highest BCUT2D eigenvalue weighted by Gasteiger charge is 2.38. The number of hydrogen-bond acceptors (Lipinski definition) is 7. The minimum atomic E-state index is -1.24. The molecular weight excluding hydrogens is 781 g/mol. The molecule has 0 radical (unpaired) electrons. The summed E-state index contributed by atoms with van der Waals surface area (Å²) in [5, 5.41) is 16.2. The number of hydrogen-bond donors (Lipinski definition) is 3. The van der Waals surface area contributed by atoms with Crippen molar-refractivity contribution in [2.45, 2.75) is 70.8 Å².